The van der Waals surface area contributed by atoms with Gasteiger partial charge in [0.15, 0.2) is 0 Å². The van der Waals surface area contributed by atoms with Crippen LogP contribution >= 0.6 is 11.6 Å². The minimum Gasteiger partial charge on any atom is -0.373 e. The molecule has 1 aliphatic heterocycles. The fourth-order valence-electron chi connectivity index (χ4n) is 3.26. The molecule has 28 heavy (non-hydrogen) atoms. The van der Waals surface area contributed by atoms with Crippen LogP contribution < -0.4 is 16.0 Å². The van der Waals surface area contributed by atoms with Crippen LogP contribution in [0.1, 0.15) is 12.0 Å². The van der Waals surface area contributed by atoms with Crippen molar-refractivity contribution < 1.29 is 9.59 Å². The number of hydrogen-bond acceptors (Lipinski definition) is 4. The van der Waals surface area contributed by atoms with Crippen LogP contribution in [0.15, 0.2) is 54.6 Å². The third-order valence-corrected chi connectivity index (χ3v) is 4.88. The summed E-state index contributed by atoms with van der Waals surface area (Å²) in [7, 11) is 0. The highest BCUT2D eigenvalue weighted by Crippen LogP contribution is 2.33. The highest BCUT2D eigenvalue weighted by molar-refractivity contribution is 6.32. The van der Waals surface area contributed by atoms with Crippen LogP contribution in [0, 0.1) is 11.3 Å². The Hall–Kier alpha value is -3.56. The standard InChI is InChI=1S/C21H15ClN4O2/c22-15-9-14(8-7-13(15)11-23)24-19(27)10-18-21(28)26-17-6-2-4-12-3-1-5-16(25-18)20(12)17/h1-9,18,25H,10H2,(H,24,27)(H,26,28)/t18-/m1/s1. The molecule has 138 valence electrons. The Kier molecular flexibility index (Phi) is 4.60. The van der Waals surface area contributed by atoms with Crippen molar-refractivity contribution >= 4 is 51.2 Å². The smallest absolute Gasteiger partial charge is 0.247 e. The van der Waals surface area contributed by atoms with Gasteiger partial charge in [0.05, 0.1) is 22.7 Å². The number of halogens is 1. The van der Waals surface area contributed by atoms with E-state index in [4.69, 9.17) is 16.9 Å². The molecule has 3 aromatic carbocycles. The Morgan fingerprint density at radius 2 is 1.89 bits per heavy atom. The maximum Gasteiger partial charge on any atom is 0.247 e. The molecule has 6 nitrogen and oxygen atoms in total. The van der Waals surface area contributed by atoms with Crippen molar-refractivity contribution in [2.75, 3.05) is 16.0 Å². The number of nitrogens with zero attached hydrogens (tertiary/aromatic N) is 1. The molecule has 1 atom stereocenters. The number of amides is 2. The normalized spacial score (nSPS) is 15.1. The van der Waals surface area contributed by atoms with Crippen LogP contribution in [0.3, 0.4) is 0 Å². The summed E-state index contributed by atoms with van der Waals surface area (Å²) < 4.78 is 0. The number of nitrogens with one attached hydrogen (secondary N) is 3. The van der Waals surface area contributed by atoms with Crippen molar-refractivity contribution in [3.63, 3.8) is 0 Å². The first-order valence-electron chi connectivity index (χ1n) is 8.64. The van der Waals surface area contributed by atoms with E-state index in [0.717, 1.165) is 16.5 Å². The second-order valence-corrected chi connectivity index (χ2v) is 6.86. The zero-order valence-corrected chi connectivity index (χ0v) is 15.4. The quantitative estimate of drug-likeness (QED) is 0.626. The van der Waals surface area contributed by atoms with E-state index in [2.05, 4.69) is 16.0 Å². The number of rotatable bonds is 3. The van der Waals surface area contributed by atoms with Gasteiger partial charge in [0.2, 0.25) is 11.8 Å². The van der Waals surface area contributed by atoms with Gasteiger partial charge in [0, 0.05) is 16.8 Å². The molecule has 1 heterocycles. The number of nitriles is 1. The van der Waals surface area contributed by atoms with E-state index in [-0.39, 0.29) is 23.3 Å². The van der Waals surface area contributed by atoms with Crippen molar-refractivity contribution in [3.8, 4) is 6.07 Å². The van der Waals surface area contributed by atoms with Gasteiger partial charge in [-0.15, -0.1) is 0 Å². The van der Waals surface area contributed by atoms with Crippen molar-refractivity contribution in [3.05, 3.63) is 65.2 Å². The van der Waals surface area contributed by atoms with Crippen LogP contribution in [0.4, 0.5) is 17.1 Å². The summed E-state index contributed by atoms with van der Waals surface area (Å²) in [5, 5.41) is 19.9. The van der Waals surface area contributed by atoms with Crippen LogP contribution in [0.5, 0.6) is 0 Å². The maximum atomic E-state index is 12.6. The Bertz CT molecular complexity index is 1150. The van der Waals surface area contributed by atoms with Crippen molar-refractivity contribution in [2.45, 2.75) is 12.5 Å². The van der Waals surface area contributed by atoms with E-state index < -0.39 is 6.04 Å². The fraction of sp³-hybridized carbons (Fsp3) is 0.0952. The predicted molar refractivity (Wildman–Crippen MR) is 109 cm³/mol. The average Bonchev–Trinajstić information content (AvgIpc) is 2.80. The van der Waals surface area contributed by atoms with E-state index in [1.54, 1.807) is 6.07 Å². The van der Waals surface area contributed by atoms with Gasteiger partial charge in [-0.25, -0.2) is 0 Å². The summed E-state index contributed by atoms with van der Waals surface area (Å²) in [6.45, 7) is 0. The highest BCUT2D eigenvalue weighted by Gasteiger charge is 2.26. The van der Waals surface area contributed by atoms with E-state index in [1.165, 1.54) is 12.1 Å². The Morgan fingerprint density at radius 1 is 1.14 bits per heavy atom. The Balaban J connectivity index is 1.54. The fourth-order valence-corrected chi connectivity index (χ4v) is 3.49. The van der Waals surface area contributed by atoms with Gasteiger partial charge in [-0.2, -0.15) is 5.26 Å². The van der Waals surface area contributed by atoms with Gasteiger partial charge in [-0.3, -0.25) is 9.59 Å². The lowest BCUT2D eigenvalue weighted by atomic mass is 10.1. The van der Waals surface area contributed by atoms with Crippen LogP contribution in [0.25, 0.3) is 10.8 Å². The van der Waals surface area contributed by atoms with Crippen LogP contribution in [-0.2, 0) is 9.59 Å². The lowest BCUT2D eigenvalue weighted by Gasteiger charge is -2.16. The number of hydrogen-bond donors (Lipinski definition) is 3. The summed E-state index contributed by atoms with van der Waals surface area (Å²) in [6, 6.07) is 17.3. The number of carbonyl (C=O) groups is 2. The SMILES string of the molecule is N#Cc1ccc(NC(=O)C[C@H]2Nc3cccc4cccc(c34)NC2=O)cc1Cl. The molecule has 0 spiro atoms. The number of benzene rings is 3. The topological polar surface area (TPSA) is 94.0 Å². The average molecular weight is 391 g/mol. The molecule has 0 aromatic heterocycles. The first-order valence-corrected chi connectivity index (χ1v) is 9.01. The summed E-state index contributed by atoms with van der Waals surface area (Å²) >= 11 is 6.00. The summed E-state index contributed by atoms with van der Waals surface area (Å²) in [6.07, 6.45) is -0.0617. The van der Waals surface area contributed by atoms with Gasteiger partial charge in [-0.05, 0) is 35.7 Å². The van der Waals surface area contributed by atoms with Gasteiger partial charge in [-0.1, -0.05) is 35.9 Å². The highest BCUT2D eigenvalue weighted by atomic mass is 35.5. The van der Waals surface area contributed by atoms with Crippen LogP contribution in [-0.4, -0.2) is 17.9 Å². The van der Waals surface area contributed by atoms with E-state index in [9.17, 15) is 9.59 Å². The monoisotopic (exact) mass is 390 g/mol. The van der Waals surface area contributed by atoms with Gasteiger partial charge >= 0.3 is 0 Å². The molecule has 0 fully saturated rings. The third-order valence-electron chi connectivity index (χ3n) is 4.57. The molecule has 0 saturated carbocycles. The molecule has 0 aliphatic carbocycles. The zero-order valence-electron chi connectivity index (χ0n) is 14.6. The minimum absolute atomic E-state index is 0.0617. The number of anilines is 3. The molecule has 3 N–H and O–H groups in total. The van der Waals surface area contributed by atoms with Crippen LogP contribution in [0.2, 0.25) is 5.02 Å². The maximum absolute atomic E-state index is 12.6. The van der Waals surface area contributed by atoms with E-state index in [0.29, 0.717) is 16.9 Å². The van der Waals surface area contributed by atoms with E-state index in [1.807, 2.05) is 42.5 Å². The minimum atomic E-state index is -0.730. The Morgan fingerprint density at radius 3 is 2.61 bits per heavy atom. The lowest BCUT2D eigenvalue weighted by Crippen LogP contribution is -2.36. The molecule has 0 saturated heterocycles. The molecule has 7 heteroatoms. The van der Waals surface area contributed by atoms with Gasteiger partial charge in [0.1, 0.15) is 12.1 Å². The second kappa shape index (κ2) is 7.22. The predicted octanol–water partition coefficient (Wildman–Crippen LogP) is 4.13. The molecule has 0 bridgehead atoms. The van der Waals surface area contributed by atoms with Crippen molar-refractivity contribution in [2.24, 2.45) is 0 Å². The molecular weight excluding hydrogens is 376 g/mol. The first kappa shape index (κ1) is 17.8. The first-order chi connectivity index (χ1) is 13.5. The molecule has 0 unspecified atom stereocenters. The molecule has 2 amide bonds. The van der Waals surface area contributed by atoms with Gasteiger partial charge < -0.3 is 16.0 Å². The largest absolute Gasteiger partial charge is 0.373 e. The van der Waals surface area contributed by atoms with E-state index >= 15 is 0 Å². The Labute approximate surface area is 166 Å². The van der Waals surface area contributed by atoms with Crippen molar-refractivity contribution in [1.82, 2.24) is 0 Å². The summed E-state index contributed by atoms with van der Waals surface area (Å²) in [5.41, 5.74) is 2.31. The lowest BCUT2D eigenvalue weighted by molar-refractivity contribution is -0.121. The zero-order chi connectivity index (χ0) is 19.7. The molecular formula is C21H15ClN4O2. The molecule has 0 radical (unpaired) electrons. The molecule has 3 aromatic rings. The third kappa shape index (κ3) is 3.36. The summed E-state index contributed by atoms with van der Waals surface area (Å²) in [5.74, 6) is -0.622. The molecule has 1 aliphatic rings. The molecule has 4 rings (SSSR count). The van der Waals surface area contributed by atoms with Crippen molar-refractivity contribution in [1.29, 1.82) is 5.26 Å². The van der Waals surface area contributed by atoms with Gasteiger partial charge in [0.25, 0.3) is 0 Å². The second-order valence-electron chi connectivity index (χ2n) is 6.45. The summed E-state index contributed by atoms with van der Waals surface area (Å²) in [4.78, 5) is 25.1. The number of carbonyl (C=O) groups excluding carboxylic acids is 2.